The van der Waals surface area contributed by atoms with Gasteiger partial charge in [-0.15, -0.1) is 5.10 Å². The fraction of sp³-hybridized carbons (Fsp3) is 0.700. The van der Waals surface area contributed by atoms with Crippen LogP contribution in [0.1, 0.15) is 29.5 Å². The van der Waals surface area contributed by atoms with Crippen molar-refractivity contribution in [1.29, 1.82) is 0 Å². The van der Waals surface area contributed by atoms with Crippen molar-refractivity contribution in [3.63, 3.8) is 0 Å². The van der Waals surface area contributed by atoms with Gasteiger partial charge in [0.15, 0.2) is 12.0 Å². The Bertz CT molecular complexity index is 338. The van der Waals surface area contributed by atoms with Crippen LogP contribution in [0.25, 0.3) is 0 Å². The number of methoxy groups -OCH3 is 1. The molecule has 1 rings (SSSR count). The zero-order valence-corrected chi connectivity index (χ0v) is 9.59. The van der Waals surface area contributed by atoms with Crippen LogP contribution in [0, 0.1) is 5.92 Å². The van der Waals surface area contributed by atoms with Crippen molar-refractivity contribution in [2.45, 2.75) is 26.5 Å². The summed E-state index contributed by atoms with van der Waals surface area (Å²) >= 11 is 0. The van der Waals surface area contributed by atoms with Crippen LogP contribution < -0.4 is 0 Å². The first-order valence-corrected chi connectivity index (χ1v) is 5.20. The average molecular weight is 227 g/mol. The lowest BCUT2D eigenvalue weighted by atomic mass is 10.1. The molecule has 0 aliphatic rings. The van der Waals surface area contributed by atoms with Gasteiger partial charge in [0.2, 0.25) is 0 Å². The molecule has 0 saturated carbocycles. The van der Waals surface area contributed by atoms with Gasteiger partial charge in [0.25, 0.3) is 0 Å². The summed E-state index contributed by atoms with van der Waals surface area (Å²) in [5.74, 6) is 0.279. The van der Waals surface area contributed by atoms with E-state index in [1.54, 1.807) is 11.8 Å². The third-order valence-electron chi connectivity index (χ3n) is 2.37. The van der Waals surface area contributed by atoms with Gasteiger partial charge in [-0.3, -0.25) is 4.79 Å². The Labute approximate surface area is 94.2 Å². The molecule has 0 aromatic carbocycles. The summed E-state index contributed by atoms with van der Waals surface area (Å²) in [6.07, 6.45) is 1.37. The highest BCUT2D eigenvalue weighted by molar-refractivity contribution is 5.73. The largest absolute Gasteiger partial charge is 0.396 e. The predicted octanol–water partition coefficient (Wildman–Crippen LogP) is 0.255. The topological polar surface area (TPSA) is 77.2 Å². The molecular weight excluding hydrogens is 210 g/mol. The molecule has 0 aliphatic heterocycles. The molecule has 0 aliphatic carbocycles. The van der Waals surface area contributed by atoms with Gasteiger partial charge >= 0.3 is 0 Å². The van der Waals surface area contributed by atoms with Gasteiger partial charge in [-0.2, -0.15) is 0 Å². The second kappa shape index (κ2) is 6.34. The Hall–Kier alpha value is -1.27. The first-order chi connectivity index (χ1) is 7.72. The van der Waals surface area contributed by atoms with Crippen LogP contribution in [-0.2, 0) is 17.9 Å². The Morgan fingerprint density at radius 2 is 2.38 bits per heavy atom. The van der Waals surface area contributed by atoms with Gasteiger partial charge in [0.1, 0.15) is 0 Å². The number of carbonyl (C=O) groups is 1. The normalized spacial score (nSPS) is 12.7. The molecule has 0 fully saturated rings. The van der Waals surface area contributed by atoms with E-state index in [4.69, 9.17) is 9.84 Å². The highest BCUT2D eigenvalue weighted by Crippen LogP contribution is 2.10. The smallest absolute Gasteiger partial charge is 0.172 e. The first-order valence-electron chi connectivity index (χ1n) is 5.20. The molecule has 0 bridgehead atoms. The maximum Gasteiger partial charge on any atom is 0.172 e. The summed E-state index contributed by atoms with van der Waals surface area (Å²) in [4.78, 5) is 10.7. The van der Waals surface area contributed by atoms with Crippen molar-refractivity contribution in [2.75, 3.05) is 13.7 Å². The van der Waals surface area contributed by atoms with Crippen LogP contribution >= 0.6 is 0 Å². The van der Waals surface area contributed by atoms with E-state index in [-0.39, 0.29) is 12.5 Å². The lowest BCUT2D eigenvalue weighted by molar-refractivity contribution is 0.111. The van der Waals surface area contributed by atoms with Gasteiger partial charge in [-0.1, -0.05) is 12.1 Å². The van der Waals surface area contributed by atoms with E-state index in [0.29, 0.717) is 37.2 Å². The molecule has 6 nitrogen and oxygen atoms in total. The Morgan fingerprint density at radius 3 is 2.94 bits per heavy atom. The zero-order valence-electron chi connectivity index (χ0n) is 9.59. The molecule has 90 valence electrons. The monoisotopic (exact) mass is 227 g/mol. The standard InChI is InChI=1S/C10H17N3O3/c1-8(3-4-14)5-13-10(7-16-2)9(6-15)11-12-13/h6,8,14H,3-5,7H2,1-2H3. The molecule has 1 aromatic rings. The molecule has 6 heteroatoms. The fourth-order valence-electron chi connectivity index (χ4n) is 1.48. The first kappa shape index (κ1) is 12.8. The van der Waals surface area contributed by atoms with Gasteiger partial charge in [0, 0.05) is 20.3 Å². The summed E-state index contributed by atoms with van der Waals surface area (Å²) in [6, 6.07) is 0. The molecular formula is C10H17N3O3. The minimum Gasteiger partial charge on any atom is -0.396 e. The number of hydrogen-bond acceptors (Lipinski definition) is 5. The highest BCUT2D eigenvalue weighted by Gasteiger charge is 2.13. The van der Waals surface area contributed by atoms with E-state index in [2.05, 4.69) is 10.3 Å². The van der Waals surface area contributed by atoms with Crippen LogP contribution in [0.4, 0.5) is 0 Å². The zero-order chi connectivity index (χ0) is 12.0. The summed E-state index contributed by atoms with van der Waals surface area (Å²) < 4.78 is 6.66. The molecule has 1 heterocycles. The third kappa shape index (κ3) is 3.11. The SMILES string of the molecule is COCc1c(C=O)nnn1CC(C)CCO. The second-order valence-corrected chi connectivity index (χ2v) is 3.77. The molecule has 0 amide bonds. The minimum atomic E-state index is 0.149. The molecule has 1 unspecified atom stereocenters. The second-order valence-electron chi connectivity index (χ2n) is 3.77. The van der Waals surface area contributed by atoms with Crippen molar-refractivity contribution in [3.8, 4) is 0 Å². The number of aliphatic hydroxyl groups is 1. The average Bonchev–Trinajstić information content (AvgIpc) is 2.62. The number of carbonyl (C=O) groups excluding carboxylic acids is 1. The van der Waals surface area contributed by atoms with Crippen molar-refractivity contribution >= 4 is 6.29 Å². The highest BCUT2D eigenvalue weighted by atomic mass is 16.5. The van der Waals surface area contributed by atoms with E-state index >= 15 is 0 Å². The predicted molar refractivity (Wildman–Crippen MR) is 57.0 cm³/mol. The molecule has 0 radical (unpaired) electrons. The van der Waals surface area contributed by atoms with E-state index in [9.17, 15) is 4.79 Å². The van der Waals surface area contributed by atoms with Crippen LogP contribution in [0.15, 0.2) is 0 Å². The van der Waals surface area contributed by atoms with Crippen molar-refractivity contribution < 1.29 is 14.6 Å². The quantitative estimate of drug-likeness (QED) is 0.676. The van der Waals surface area contributed by atoms with E-state index in [1.165, 1.54) is 0 Å². The molecule has 1 N–H and O–H groups in total. The number of ether oxygens (including phenoxy) is 1. The van der Waals surface area contributed by atoms with Crippen LogP contribution in [0.2, 0.25) is 0 Å². The summed E-state index contributed by atoms with van der Waals surface area (Å²) in [6.45, 7) is 3.10. The number of aromatic nitrogens is 3. The summed E-state index contributed by atoms with van der Waals surface area (Å²) in [5.41, 5.74) is 1.00. The van der Waals surface area contributed by atoms with Crippen molar-refractivity contribution in [3.05, 3.63) is 11.4 Å². The summed E-state index contributed by atoms with van der Waals surface area (Å²) in [5, 5.41) is 16.5. The Balaban J connectivity index is 2.78. The molecule has 1 aromatic heterocycles. The number of hydrogen-bond donors (Lipinski definition) is 1. The lowest BCUT2D eigenvalue weighted by Gasteiger charge is -2.11. The lowest BCUT2D eigenvalue weighted by Crippen LogP contribution is -2.14. The van der Waals surface area contributed by atoms with Gasteiger partial charge < -0.3 is 9.84 Å². The van der Waals surface area contributed by atoms with E-state index in [1.807, 2.05) is 6.92 Å². The minimum absolute atomic E-state index is 0.149. The number of aldehydes is 1. The van der Waals surface area contributed by atoms with E-state index in [0.717, 1.165) is 0 Å². The van der Waals surface area contributed by atoms with Crippen LogP contribution in [0.3, 0.4) is 0 Å². The maximum absolute atomic E-state index is 10.7. The van der Waals surface area contributed by atoms with Gasteiger partial charge in [-0.25, -0.2) is 4.68 Å². The maximum atomic E-state index is 10.7. The molecule has 0 saturated heterocycles. The molecule has 16 heavy (non-hydrogen) atoms. The number of nitrogens with zero attached hydrogens (tertiary/aromatic N) is 3. The molecule has 0 spiro atoms. The van der Waals surface area contributed by atoms with Crippen LogP contribution in [0.5, 0.6) is 0 Å². The Morgan fingerprint density at radius 1 is 1.62 bits per heavy atom. The van der Waals surface area contributed by atoms with Crippen molar-refractivity contribution in [1.82, 2.24) is 15.0 Å². The van der Waals surface area contributed by atoms with E-state index < -0.39 is 0 Å². The Kier molecular flexibility index (Phi) is 5.07. The van der Waals surface area contributed by atoms with Crippen molar-refractivity contribution in [2.24, 2.45) is 5.92 Å². The number of rotatable bonds is 7. The van der Waals surface area contributed by atoms with Gasteiger partial charge in [0.05, 0.1) is 12.3 Å². The summed E-state index contributed by atoms with van der Waals surface area (Å²) in [7, 11) is 1.56. The third-order valence-corrected chi connectivity index (χ3v) is 2.37. The van der Waals surface area contributed by atoms with Gasteiger partial charge in [-0.05, 0) is 12.3 Å². The van der Waals surface area contributed by atoms with Crippen LogP contribution in [-0.4, -0.2) is 40.1 Å². The number of aliphatic hydroxyl groups excluding tert-OH is 1. The fourth-order valence-corrected chi connectivity index (χ4v) is 1.48. The molecule has 1 atom stereocenters.